The summed E-state index contributed by atoms with van der Waals surface area (Å²) in [6.07, 6.45) is 6.96. The molecule has 0 heterocycles. The monoisotopic (exact) mass is 239 g/mol. The van der Waals surface area contributed by atoms with Gasteiger partial charge in [-0.1, -0.05) is 26.7 Å². The Morgan fingerprint density at radius 2 is 1.94 bits per heavy atom. The molecule has 17 heavy (non-hydrogen) atoms. The van der Waals surface area contributed by atoms with Crippen LogP contribution in [0.4, 0.5) is 0 Å². The average molecular weight is 239 g/mol. The van der Waals surface area contributed by atoms with Crippen LogP contribution in [0.2, 0.25) is 0 Å². The van der Waals surface area contributed by atoms with Gasteiger partial charge in [0.25, 0.3) is 0 Å². The third-order valence-corrected chi connectivity index (χ3v) is 4.80. The van der Waals surface area contributed by atoms with Crippen LogP contribution in [0.25, 0.3) is 0 Å². The second-order valence-electron chi connectivity index (χ2n) is 6.59. The summed E-state index contributed by atoms with van der Waals surface area (Å²) >= 11 is 0. The van der Waals surface area contributed by atoms with Crippen molar-refractivity contribution in [3.8, 4) is 0 Å². The Bertz CT molecular complexity index is 289. The molecule has 2 N–H and O–H groups in total. The third-order valence-electron chi connectivity index (χ3n) is 4.80. The maximum atomic E-state index is 11.9. The summed E-state index contributed by atoms with van der Waals surface area (Å²) in [7, 11) is 0. The van der Waals surface area contributed by atoms with E-state index in [4.69, 9.17) is 0 Å². The molecule has 0 bridgehead atoms. The molecule has 0 aromatic rings. The summed E-state index contributed by atoms with van der Waals surface area (Å²) in [5, 5.41) is 12.3. The Labute approximate surface area is 104 Å². The first-order chi connectivity index (χ1) is 8.00. The lowest BCUT2D eigenvalue weighted by Crippen LogP contribution is -2.42. The normalized spacial score (nSPS) is 23.7. The lowest BCUT2D eigenvalue weighted by atomic mass is 9.77. The van der Waals surface area contributed by atoms with Crippen LogP contribution in [0.3, 0.4) is 0 Å². The zero-order chi connectivity index (χ0) is 12.5. The van der Waals surface area contributed by atoms with Crippen LogP contribution in [0.5, 0.6) is 0 Å². The van der Waals surface area contributed by atoms with Crippen molar-refractivity contribution in [2.45, 2.75) is 52.4 Å². The molecule has 0 aromatic carbocycles. The molecule has 3 heteroatoms. The predicted molar refractivity (Wildman–Crippen MR) is 67.5 cm³/mol. The number of hydrogen-bond acceptors (Lipinski definition) is 2. The van der Waals surface area contributed by atoms with Gasteiger partial charge in [-0.2, -0.15) is 0 Å². The van der Waals surface area contributed by atoms with Gasteiger partial charge in [-0.25, -0.2) is 0 Å². The molecule has 3 nitrogen and oxygen atoms in total. The summed E-state index contributed by atoms with van der Waals surface area (Å²) in [5.41, 5.74) is -0.233. The summed E-state index contributed by atoms with van der Waals surface area (Å²) in [4.78, 5) is 11.9. The lowest BCUT2D eigenvalue weighted by molar-refractivity contribution is -0.128. The fourth-order valence-electron chi connectivity index (χ4n) is 2.96. The smallest absolute Gasteiger partial charge is 0.228 e. The van der Waals surface area contributed by atoms with Crippen LogP contribution in [-0.2, 0) is 4.79 Å². The first-order valence-electron chi connectivity index (χ1n) is 6.89. The third kappa shape index (κ3) is 2.65. The van der Waals surface area contributed by atoms with E-state index in [0.717, 1.165) is 25.3 Å². The van der Waals surface area contributed by atoms with Crippen molar-refractivity contribution >= 4 is 5.91 Å². The van der Waals surface area contributed by atoms with Gasteiger partial charge >= 0.3 is 0 Å². The maximum absolute atomic E-state index is 11.9. The molecule has 1 amide bonds. The number of hydrogen-bond donors (Lipinski definition) is 2. The van der Waals surface area contributed by atoms with Crippen molar-refractivity contribution in [2.24, 2.45) is 16.7 Å². The fraction of sp³-hybridized carbons (Fsp3) is 0.929. The number of nitrogens with one attached hydrogen (secondary N) is 1. The summed E-state index contributed by atoms with van der Waals surface area (Å²) < 4.78 is 0. The molecule has 2 rings (SSSR count). The number of aliphatic hydroxyl groups excluding tert-OH is 1. The zero-order valence-electron chi connectivity index (χ0n) is 11.1. The minimum Gasteiger partial charge on any atom is -0.395 e. The average Bonchev–Trinajstić information content (AvgIpc) is 2.90. The minimum atomic E-state index is -0.425. The molecule has 0 aromatic heterocycles. The number of rotatable bonds is 5. The van der Waals surface area contributed by atoms with Crippen LogP contribution in [0.1, 0.15) is 52.4 Å². The van der Waals surface area contributed by atoms with Crippen LogP contribution in [-0.4, -0.2) is 24.2 Å². The predicted octanol–water partition coefficient (Wildman–Crippen LogP) is 2.09. The largest absolute Gasteiger partial charge is 0.395 e. The molecule has 98 valence electrons. The number of carbonyl (C=O) groups excluding carboxylic acids is 1. The van der Waals surface area contributed by atoms with E-state index in [2.05, 4.69) is 19.2 Å². The highest BCUT2D eigenvalue weighted by Gasteiger charge is 2.49. The number of carbonyl (C=O) groups is 1. The molecule has 0 spiro atoms. The van der Waals surface area contributed by atoms with Crippen LogP contribution < -0.4 is 5.32 Å². The first kappa shape index (κ1) is 12.9. The Kier molecular flexibility index (Phi) is 3.48. The van der Waals surface area contributed by atoms with E-state index in [9.17, 15) is 9.90 Å². The van der Waals surface area contributed by atoms with Crippen molar-refractivity contribution < 1.29 is 9.90 Å². The lowest BCUT2D eigenvalue weighted by Gasteiger charge is -2.32. The van der Waals surface area contributed by atoms with Gasteiger partial charge in [0.05, 0.1) is 12.0 Å². The van der Waals surface area contributed by atoms with Crippen molar-refractivity contribution in [1.29, 1.82) is 0 Å². The van der Waals surface area contributed by atoms with Gasteiger partial charge in [-0.15, -0.1) is 0 Å². The highest BCUT2D eigenvalue weighted by molar-refractivity contribution is 5.85. The van der Waals surface area contributed by atoms with Crippen LogP contribution in [0.15, 0.2) is 0 Å². The van der Waals surface area contributed by atoms with Crippen molar-refractivity contribution in [1.82, 2.24) is 5.32 Å². The van der Waals surface area contributed by atoms with Gasteiger partial charge in [0.2, 0.25) is 5.91 Å². The zero-order valence-corrected chi connectivity index (χ0v) is 11.1. The second-order valence-corrected chi connectivity index (χ2v) is 6.59. The Morgan fingerprint density at radius 3 is 2.41 bits per heavy atom. The summed E-state index contributed by atoms with van der Waals surface area (Å²) in [6, 6.07) is 0. The van der Waals surface area contributed by atoms with Gasteiger partial charge < -0.3 is 10.4 Å². The highest BCUT2D eigenvalue weighted by atomic mass is 16.3. The number of amides is 1. The Balaban J connectivity index is 1.82. The molecule has 0 unspecified atom stereocenters. The molecule has 0 saturated heterocycles. The molecule has 0 aliphatic heterocycles. The van der Waals surface area contributed by atoms with E-state index in [1.54, 1.807) is 0 Å². The van der Waals surface area contributed by atoms with Crippen molar-refractivity contribution in [2.75, 3.05) is 13.2 Å². The highest BCUT2D eigenvalue weighted by Crippen LogP contribution is 2.45. The van der Waals surface area contributed by atoms with Crippen molar-refractivity contribution in [3.63, 3.8) is 0 Å². The topological polar surface area (TPSA) is 49.3 Å². The van der Waals surface area contributed by atoms with E-state index in [1.165, 1.54) is 25.7 Å². The second kappa shape index (κ2) is 4.60. The van der Waals surface area contributed by atoms with Gasteiger partial charge in [-0.3, -0.25) is 4.79 Å². The standard InChI is InChI=1S/C14H25NO2/c1-13(2,11-5-3-4-6-11)9-15-12(17)14(10-16)7-8-14/h11,16H,3-10H2,1-2H3,(H,15,17). The minimum absolute atomic E-state index is 0.00267. The van der Waals surface area contributed by atoms with Crippen LogP contribution in [0, 0.1) is 16.7 Å². The summed E-state index contributed by atoms with van der Waals surface area (Å²) in [6.45, 7) is 5.25. The maximum Gasteiger partial charge on any atom is 0.228 e. The molecule has 0 atom stereocenters. The molecule has 2 fully saturated rings. The molecule has 2 saturated carbocycles. The van der Waals surface area contributed by atoms with E-state index >= 15 is 0 Å². The SMILES string of the molecule is CC(C)(CNC(=O)C1(CO)CC1)C1CCCC1. The molecule has 2 aliphatic rings. The van der Waals surface area contributed by atoms with Crippen LogP contribution >= 0.6 is 0 Å². The van der Waals surface area contributed by atoms with E-state index in [1.807, 2.05) is 0 Å². The Morgan fingerprint density at radius 1 is 1.35 bits per heavy atom. The first-order valence-corrected chi connectivity index (χ1v) is 6.89. The van der Waals surface area contributed by atoms with Gasteiger partial charge in [0.15, 0.2) is 0 Å². The molecule has 0 radical (unpaired) electrons. The quantitative estimate of drug-likeness (QED) is 0.772. The summed E-state index contributed by atoms with van der Waals surface area (Å²) in [5.74, 6) is 0.804. The molecule has 2 aliphatic carbocycles. The van der Waals surface area contributed by atoms with Crippen molar-refractivity contribution in [3.05, 3.63) is 0 Å². The van der Waals surface area contributed by atoms with E-state index < -0.39 is 5.41 Å². The van der Waals surface area contributed by atoms with Gasteiger partial charge in [-0.05, 0) is 37.0 Å². The fourth-order valence-corrected chi connectivity index (χ4v) is 2.96. The Hall–Kier alpha value is -0.570. The molecular formula is C14H25NO2. The molecular weight excluding hydrogens is 214 g/mol. The van der Waals surface area contributed by atoms with Gasteiger partial charge in [0.1, 0.15) is 0 Å². The number of aliphatic hydroxyl groups is 1. The van der Waals surface area contributed by atoms with Gasteiger partial charge in [0, 0.05) is 6.54 Å². The van der Waals surface area contributed by atoms with E-state index in [-0.39, 0.29) is 17.9 Å². The van der Waals surface area contributed by atoms with E-state index in [0.29, 0.717) is 0 Å².